The Hall–Kier alpha value is -3.89. The van der Waals surface area contributed by atoms with Crippen molar-refractivity contribution in [2.45, 2.75) is 0 Å². The van der Waals surface area contributed by atoms with Crippen LogP contribution in [-0.2, 0) is 0 Å². The van der Waals surface area contributed by atoms with Gasteiger partial charge in [0.2, 0.25) is 0 Å². The molecule has 0 amide bonds. The van der Waals surface area contributed by atoms with Crippen molar-refractivity contribution in [1.29, 1.82) is 32.5 Å². The van der Waals surface area contributed by atoms with Crippen molar-refractivity contribution < 1.29 is 14.8 Å². The normalized spacial score (nSPS) is 5.67. The third kappa shape index (κ3) is 23.2. The number of rotatable bonds is 2. The molecular weight excluding hydrogens is 318 g/mol. The zero-order valence-electron chi connectivity index (χ0n) is 13.2. The van der Waals surface area contributed by atoms with E-state index in [0.717, 1.165) is 6.07 Å². The molecule has 24 heavy (non-hydrogen) atoms. The van der Waals surface area contributed by atoms with E-state index in [1.165, 1.54) is 18.2 Å². The highest BCUT2D eigenvalue weighted by Gasteiger charge is 2.17. The van der Waals surface area contributed by atoms with Crippen LogP contribution in [0.25, 0.3) is 0 Å². The van der Waals surface area contributed by atoms with Crippen LogP contribution in [0.1, 0.15) is 10.4 Å². The Labute approximate surface area is 140 Å². The number of nitrogens with one attached hydrogen (secondary N) is 6. The molecular formula is C13H23N7O4. The molecule has 0 radical (unpaired) electrons. The number of para-hydroxylation sites is 1. The van der Waals surface area contributed by atoms with Crippen LogP contribution >= 0.6 is 0 Å². The molecule has 0 atom stereocenters. The number of carboxylic acid groups (broad SMARTS) is 1. The maximum absolute atomic E-state index is 10.4. The first kappa shape index (κ1) is 36.9. The monoisotopic (exact) mass is 341 g/mol. The average Bonchev–Trinajstić information content (AvgIpc) is 2.71. The molecule has 0 aliphatic rings. The molecule has 0 unspecified atom stereocenters. The number of benzene rings is 1. The lowest BCUT2D eigenvalue weighted by Gasteiger charge is -1.94. The zero-order chi connectivity index (χ0) is 21.1. The molecule has 0 bridgehead atoms. The molecule has 0 saturated carbocycles. The maximum atomic E-state index is 10.4. The van der Waals surface area contributed by atoms with Crippen LogP contribution in [0.2, 0.25) is 0 Å². The van der Waals surface area contributed by atoms with E-state index in [2.05, 4.69) is 40.3 Å². The van der Waals surface area contributed by atoms with Gasteiger partial charge in [0.25, 0.3) is 5.69 Å². The first-order valence-corrected chi connectivity index (χ1v) is 5.22. The second-order valence-electron chi connectivity index (χ2n) is 2.08. The number of hydrogen-bond acceptors (Lipinski definition) is 9. The molecule has 0 fully saturated rings. The van der Waals surface area contributed by atoms with Crippen molar-refractivity contribution in [3.8, 4) is 0 Å². The van der Waals surface area contributed by atoms with Gasteiger partial charge in [-0.2, -0.15) is 0 Å². The highest BCUT2D eigenvalue weighted by atomic mass is 16.6. The van der Waals surface area contributed by atoms with E-state index >= 15 is 0 Å². The van der Waals surface area contributed by atoms with Crippen molar-refractivity contribution in [3.63, 3.8) is 0 Å². The number of nitrogens with zero attached hydrogens (tertiary/aromatic N) is 1. The highest BCUT2D eigenvalue weighted by molar-refractivity contribution is 5.92. The molecule has 11 heteroatoms. The fraction of sp³-hybridized carbons (Fsp3) is 0. The average molecular weight is 341 g/mol. The SMILES string of the molecule is C=N.C=N.C=N.C=N.C=N.C=N.O=C(O)c1ccccc1[N+](=O)[O-]. The summed E-state index contributed by atoms with van der Waals surface area (Å²) in [5.41, 5.74) is -0.674. The lowest BCUT2D eigenvalue weighted by Crippen LogP contribution is -2.01. The van der Waals surface area contributed by atoms with Crippen LogP contribution in [0.5, 0.6) is 0 Å². The molecule has 134 valence electrons. The summed E-state index contributed by atoms with van der Waals surface area (Å²) in [4.78, 5) is 20.0. The third-order valence-corrected chi connectivity index (χ3v) is 1.33. The Morgan fingerprint density at radius 3 is 1.33 bits per heavy atom. The minimum Gasteiger partial charge on any atom is -0.477 e. The lowest BCUT2D eigenvalue weighted by molar-refractivity contribution is -0.385. The second kappa shape index (κ2) is 42.7. The lowest BCUT2D eigenvalue weighted by atomic mass is 10.2. The van der Waals surface area contributed by atoms with Gasteiger partial charge in [0, 0.05) is 6.07 Å². The molecule has 7 N–H and O–H groups in total. The fourth-order valence-electron chi connectivity index (χ4n) is 0.814. The minimum atomic E-state index is -1.29. The number of nitro benzene ring substituents is 1. The fourth-order valence-corrected chi connectivity index (χ4v) is 0.814. The molecule has 1 rings (SSSR count). The molecule has 1 aromatic rings. The number of hydrogen-bond donors (Lipinski definition) is 7. The van der Waals surface area contributed by atoms with E-state index in [1.807, 2.05) is 0 Å². The minimum absolute atomic E-state index is 0.289. The Bertz CT molecular complexity index is 384. The quantitative estimate of drug-likeness (QED) is 0.244. The molecule has 0 heterocycles. The predicted molar refractivity (Wildman–Crippen MR) is 99.1 cm³/mol. The standard InChI is InChI=1S/C7H5NO4.6CH3N/c9-7(10)5-3-1-2-4-6(5)8(11)12;6*1-2/h1-4H,(H,9,10);6*2H,1H2. The van der Waals surface area contributed by atoms with E-state index < -0.39 is 10.9 Å². The van der Waals surface area contributed by atoms with Gasteiger partial charge in [-0.3, -0.25) is 10.1 Å². The number of nitro groups is 1. The van der Waals surface area contributed by atoms with Crippen LogP contribution < -0.4 is 0 Å². The van der Waals surface area contributed by atoms with Crippen LogP contribution in [0.3, 0.4) is 0 Å². The Balaban J connectivity index is -0.0000000573. The summed E-state index contributed by atoms with van der Waals surface area (Å²) >= 11 is 0. The van der Waals surface area contributed by atoms with E-state index in [1.54, 1.807) is 0 Å². The van der Waals surface area contributed by atoms with Crippen molar-refractivity contribution in [2.75, 3.05) is 0 Å². The van der Waals surface area contributed by atoms with Gasteiger partial charge in [0.05, 0.1) is 4.92 Å². The highest BCUT2D eigenvalue weighted by Crippen LogP contribution is 2.16. The van der Waals surface area contributed by atoms with Gasteiger partial charge < -0.3 is 37.6 Å². The van der Waals surface area contributed by atoms with Gasteiger partial charge >= 0.3 is 5.97 Å². The first-order valence-electron chi connectivity index (χ1n) is 5.22. The number of carboxylic acids is 1. The maximum Gasteiger partial charge on any atom is 0.342 e. The summed E-state index contributed by atoms with van der Waals surface area (Å²) in [6, 6.07) is 5.21. The zero-order valence-corrected chi connectivity index (χ0v) is 13.2. The summed E-state index contributed by atoms with van der Waals surface area (Å²) in [6.07, 6.45) is 0. The molecule has 0 spiro atoms. The third-order valence-electron chi connectivity index (χ3n) is 1.33. The molecule has 11 nitrogen and oxygen atoms in total. The van der Waals surface area contributed by atoms with Crippen molar-refractivity contribution in [1.82, 2.24) is 0 Å². The van der Waals surface area contributed by atoms with Crippen LogP contribution in [0.4, 0.5) is 5.69 Å². The largest absolute Gasteiger partial charge is 0.477 e. The summed E-state index contributed by atoms with van der Waals surface area (Å²) in [5, 5.41) is 51.8. The van der Waals surface area contributed by atoms with Gasteiger partial charge in [-0.05, 0) is 46.4 Å². The number of aromatic carboxylic acids is 1. The Morgan fingerprint density at radius 2 is 1.12 bits per heavy atom. The summed E-state index contributed by atoms with van der Waals surface area (Å²) in [7, 11) is 0. The van der Waals surface area contributed by atoms with Gasteiger partial charge in [-0.1, -0.05) is 12.1 Å². The van der Waals surface area contributed by atoms with E-state index in [4.69, 9.17) is 37.6 Å². The smallest absolute Gasteiger partial charge is 0.342 e. The van der Waals surface area contributed by atoms with Gasteiger partial charge in [0.1, 0.15) is 5.56 Å². The van der Waals surface area contributed by atoms with Gasteiger partial charge in [-0.15, -0.1) is 0 Å². The van der Waals surface area contributed by atoms with Gasteiger partial charge in [0.15, 0.2) is 0 Å². The molecule has 0 aromatic heterocycles. The predicted octanol–water partition coefficient (Wildman–Crippen LogP) is 2.89. The van der Waals surface area contributed by atoms with Gasteiger partial charge in [-0.25, -0.2) is 4.79 Å². The van der Waals surface area contributed by atoms with Crippen molar-refractivity contribution in [2.24, 2.45) is 0 Å². The van der Waals surface area contributed by atoms with Crippen LogP contribution in [0.15, 0.2) is 24.3 Å². The number of carbonyl (C=O) groups is 1. The summed E-state index contributed by atoms with van der Waals surface area (Å²) in [5.74, 6) is -1.29. The molecule has 0 saturated heterocycles. The first-order chi connectivity index (χ1) is 11.6. The Morgan fingerprint density at radius 1 is 0.833 bits per heavy atom. The van der Waals surface area contributed by atoms with Crippen LogP contribution in [0, 0.1) is 42.6 Å². The Kier molecular flexibility index (Phi) is 65.7. The van der Waals surface area contributed by atoms with E-state index in [0.29, 0.717) is 0 Å². The molecule has 0 aliphatic carbocycles. The second-order valence-corrected chi connectivity index (χ2v) is 2.08. The van der Waals surface area contributed by atoms with Crippen molar-refractivity contribution >= 4 is 52.0 Å². The molecule has 0 aliphatic heterocycles. The topological polar surface area (TPSA) is 224 Å². The van der Waals surface area contributed by atoms with E-state index in [9.17, 15) is 14.9 Å². The summed E-state index contributed by atoms with van der Waals surface area (Å²) < 4.78 is 0. The summed E-state index contributed by atoms with van der Waals surface area (Å²) in [6.45, 7) is 15.0. The van der Waals surface area contributed by atoms with E-state index in [-0.39, 0.29) is 11.3 Å². The molecule has 1 aromatic carbocycles. The van der Waals surface area contributed by atoms with Crippen LogP contribution in [-0.4, -0.2) is 56.3 Å². The van der Waals surface area contributed by atoms with Crippen molar-refractivity contribution in [3.05, 3.63) is 39.9 Å².